The molecule has 0 radical (unpaired) electrons. The number of rotatable bonds is 2. The lowest BCUT2D eigenvalue weighted by Gasteiger charge is -2.11. The highest BCUT2D eigenvalue weighted by molar-refractivity contribution is 7.16. The van der Waals surface area contributed by atoms with Gasteiger partial charge in [-0.3, -0.25) is 4.79 Å². The molecule has 0 saturated heterocycles. The molecule has 20 heavy (non-hydrogen) atoms. The molecule has 5 heteroatoms. The number of thiazole rings is 1. The topological polar surface area (TPSA) is 34.4 Å². The van der Waals surface area contributed by atoms with Crippen molar-refractivity contribution < 1.29 is 9.18 Å². The van der Waals surface area contributed by atoms with Gasteiger partial charge in [-0.1, -0.05) is 38.2 Å². The van der Waals surface area contributed by atoms with Crippen molar-refractivity contribution in [3.05, 3.63) is 41.5 Å². The first-order valence-corrected chi connectivity index (χ1v) is 7.13. The summed E-state index contributed by atoms with van der Waals surface area (Å²) in [5.41, 5.74) is 0.324. The third-order valence-electron chi connectivity index (χ3n) is 2.80. The fraction of sp³-hybridized carbons (Fsp3) is 0.333. The molecule has 0 bridgehead atoms. The van der Waals surface area contributed by atoms with E-state index in [1.54, 1.807) is 12.1 Å². The van der Waals surface area contributed by atoms with Crippen LogP contribution in [0.25, 0.3) is 10.2 Å². The Morgan fingerprint density at radius 3 is 2.80 bits per heavy atom. The number of aromatic nitrogens is 1. The number of benzene rings is 1. The van der Waals surface area contributed by atoms with Crippen molar-refractivity contribution >= 4 is 27.5 Å². The molecule has 2 aromatic rings. The number of halogens is 1. The average molecular weight is 292 g/mol. The van der Waals surface area contributed by atoms with Crippen molar-refractivity contribution in [1.82, 2.24) is 4.57 Å². The summed E-state index contributed by atoms with van der Waals surface area (Å²) in [6.45, 7) is 9.71. The molecule has 1 aromatic carbocycles. The zero-order valence-corrected chi connectivity index (χ0v) is 12.6. The van der Waals surface area contributed by atoms with E-state index in [0.717, 1.165) is 10.2 Å². The summed E-state index contributed by atoms with van der Waals surface area (Å²) in [5, 5.41) is 0. The summed E-state index contributed by atoms with van der Waals surface area (Å²) in [7, 11) is 0. The summed E-state index contributed by atoms with van der Waals surface area (Å²) in [5.74, 6) is -0.486. The Morgan fingerprint density at radius 2 is 2.20 bits per heavy atom. The number of hydrogen-bond acceptors (Lipinski definition) is 2. The largest absolute Gasteiger partial charge is 0.313 e. The molecule has 0 aliphatic heterocycles. The number of nitrogens with zero attached hydrogens (tertiary/aromatic N) is 2. The van der Waals surface area contributed by atoms with Crippen LogP contribution in [-0.4, -0.2) is 10.5 Å². The Bertz CT molecular complexity index is 734. The van der Waals surface area contributed by atoms with Crippen molar-refractivity contribution in [3.8, 4) is 0 Å². The first-order chi connectivity index (χ1) is 9.32. The molecule has 0 fully saturated rings. The zero-order valence-electron chi connectivity index (χ0n) is 11.8. The van der Waals surface area contributed by atoms with Gasteiger partial charge in [0.25, 0.3) is 5.91 Å². The van der Waals surface area contributed by atoms with E-state index in [2.05, 4.69) is 11.6 Å². The standard InChI is InChI=1S/C15H17FN2OS/c1-5-8-18-11-7-6-10(16)9-12(11)20-14(18)17-13(19)15(2,3)4/h5-7,9H,1,8H2,2-4H3. The molecular formula is C15H17FN2OS. The highest BCUT2D eigenvalue weighted by atomic mass is 32.1. The number of carbonyl (C=O) groups excluding carboxylic acids is 1. The first-order valence-electron chi connectivity index (χ1n) is 6.32. The van der Waals surface area contributed by atoms with E-state index in [9.17, 15) is 9.18 Å². The molecule has 0 N–H and O–H groups in total. The van der Waals surface area contributed by atoms with Crippen molar-refractivity contribution in [2.24, 2.45) is 10.4 Å². The third kappa shape index (κ3) is 2.88. The van der Waals surface area contributed by atoms with Crippen molar-refractivity contribution in [2.45, 2.75) is 27.3 Å². The van der Waals surface area contributed by atoms with E-state index in [4.69, 9.17) is 0 Å². The second-order valence-electron chi connectivity index (χ2n) is 5.56. The van der Waals surface area contributed by atoms with Crippen LogP contribution in [0.5, 0.6) is 0 Å². The maximum absolute atomic E-state index is 13.3. The van der Waals surface area contributed by atoms with E-state index < -0.39 is 5.41 Å². The molecule has 1 heterocycles. The summed E-state index contributed by atoms with van der Waals surface area (Å²) in [6, 6.07) is 4.56. The molecule has 2 rings (SSSR count). The summed E-state index contributed by atoms with van der Waals surface area (Å²) >= 11 is 1.31. The fourth-order valence-electron chi connectivity index (χ4n) is 1.69. The monoisotopic (exact) mass is 292 g/mol. The van der Waals surface area contributed by atoms with E-state index in [-0.39, 0.29) is 11.7 Å². The SMILES string of the molecule is C=CCn1c(=NC(=O)C(C)(C)C)sc2cc(F)ccc21. The Balaban J connectivity index is 2.69. The van der Waals surface area contributed by atoms with E-state index in [0.29, 0.717) is 11.3 Å². The molecule has 1 aromatic heterocycles. The summed E-state index contributed by atoms with van der Waals surface area (Å²) < 4.78 is 15.9. The number of amides is 1. The van der Waals surface area contributed by atoms with Crippen LogP contribution in [0.1, 0.15) is 20.8 Å². The fourth-order valence-corrected chi connectivity index (χ4v) is 2.76. The van der Waals surface area contributed by atoms with Gasteiger partial charge in [-0.05, 0) is 18.2 Å². The van der Waals surface area contributed by atoms with Gasteiger partial charge in [-0.2, -0.15) is 4.99 Å². The highest BCUT2D eigenvalue weighted by Crippen LogP contribution is 2.20. The van der Waals surface area contributed by atoms with E-state index >= 15 is 0 Å². The van der Waals surface area contributed by atoms with Crippen LogP contribution >= 0.6 is 11.3 Å². The Hall–Kier alpha value is -1.75. The van der Waals surface area contributed by atoms with Crippen molar-refractivity contribution in [1.29, 1.82) is 0 Å². The lowest BCUT2D eigenvalue weighted by molar-refractivity contribution is -0.125. The molecule has 0 atom stereocenters. The number of carbonyl (C=O) groups is 1. The van der Waals surface area contributed by atoms with E-state index in [1.807, 2.05) is 25.3 Å². The lowest BCUT2D eigenvalue weighted by Crippen LogP contribution is -2.23. The van der Waals surface area contributed by atoms with Crippen LogP contribution in [0.2, 0.25) is 0 Å². The molecule has 1 amide bonds. The maximum Gasteiger partial charge on any atom is 0.253 e. The van der Waals surface area contributed by atoms with Gasteiger partial charge in [0.1, 0.15) is 5.82 Å². The van der Waals surface area contributed by atoms with Gasteiger partial charge in [-0.25, -0.2) is 4.39 Å². The molecule has 0 saturated carbocycles. The zero-order chi connectivity index (χ0) is 14.9. The smallest absolute Gasteiger partial charge is 0.253 e. The molecule has 106 valence electrons. The van der Waals surface area contributed by atoms with Crippen LogP contribution in [0, 0.1) is 11.2 Å². The molecule has 0 aliphatic rings. The molecule has 0 spiro atoms. The second kappa shape index (κ2) is 5.32. The predicted molar refractivity (Wildman–Crippen MR) is 80.0 cm³/mol. The van der Waals surface area contributed by atoms with Gasteiger partial charge >= 0.3 is 0 Å². The Labute approximate surface area is 121 Å². The average Bonchev–Trinajstić information content (AvgIpc) is 2.66. The van der Waals surface area contributed by atoms with Crippen LogP contribution < -0.4 is 4.80 Å². The highest BCUT2D eigenvalue weighted by Gasteiger charge is 2.21. The minimum absolute atomic E-state index is 0.192. The normalized spacial score (nSPS) is 12.9. The minimum Gasteiger partial charge on any atom is -0.313 e. The summed E-state index contributed by atoms with van der Waals surface area (Å²) in [6.07, 6.45) is 1.73. The predicted octanol–water partition coefficient (Wildman–Crippen LogP) is 3.50. The lowest BCUT2D eigenvalue weighted by atomic mass is 9.96. The van der Waals surface area contributed by atoms with Gasteiger partial charge in [0.15, 0.2) is 4.80 Å². The first kappa shape index (κ1) is 14.7. The molecule has 3 nitrogen and oxygen atoms in total. The van der Waals surface area contributed by atoms with Gasteiger partial charge in [0.2, 0.25) is 0 Å². The third-order valence-corrected chi connectivity index (χ3v) is 3.84. The van der Waals surface area contributed by atoms with Gasteiger partial charge < -0.3 is 4.57 Å². The van der Waals surface area contributed by atoms with E-state index in [1.165, 1.54) is 23.5 Å². The number of hydrogen-bond donors (Lipinski definition) is 0. The van der Waals surface area contributed by atoms with Crippen LogP contribution in [0.4, 0.5) is 4.39 Å². The quantitative estimate of drug-likeness (QED) is 0.780. The summed E-state index contributed by atoms with van der Waals surface area (Å²) in [4.78, 5) is 16.8. The van der Waals surface area contributed by atoms with Crippen LogP contribution in [0.3, 0.4) is 0 Å². The number of allylic oxidation sites excluding steroid dienone is 1. The van der Waals surface area contributed by atoms with Gasteiger partial charge in [0, 0.05) is 12.0 Å². The van der Waals surface area contributed by atoms with Gasteiger partial charge in [-0.15, -0.1) is 6.58 Å². The molecule has 0 unspecified atom stereocenters. The maximum atomic E-state index is 13.3. The molecular weight excluding hydrogens is 275 g/mol. The van der Waals surface area contributed by atoms with Gasteiger partial charge in [0.05, 0.1) is 10.2 Å². The molecule has 0 aliphatic carbocycles. The second-order valence-corrected chi connectivity index (χ2v) is 6.57. The Kier molecular flexibility index (Phi) is 3.90. The van der Waals surface area contributed by atoms with Crippen molar-refractivity contribution in [3.63, 3.8) is 0 Å². The number of fused-ring (bicyclic) bond motifs is 1. The van der Waals surface area contributed by atoms with Crippen LogP contribution in [0.15, 0.2) is 35.8 Å². The van der Waals surface area contributed by atoms with Crippen LogP contribution in [-0.2, 0) is 11.3 Å². The minimum atomic E-state index is -0.534. The van der Waals surface area contributed by atoms with Crippen molar-refractivity contribution in [2.75, 3.05) is 0 Å². The Morgan fingerprint density at radius 1 is 1.50 bits per heavy atom.